The van der Waals surface area contributed by atoms with Gasteiger partial charge in [-0.25, -0.2) is 4.98 Å². The second-order valence-corrected chi connectivity index (χ2v) is 8.18. The maximum Gasteiger partial charge on any atom is 0.255 e. The predicted molar refractivity (Wildman–Crippen MR) is 111 cm³/mol. The van der Waals surface area contributed by atoms with Gasteiger partial charge in [0.25, 0.3) is 5.91 Å². The summed E-state index contributed by atoms with van der Waals surface area (Å²) in [6.45, 7) is 0.350. The van der Waals surface area contributed by atoms with Crippen molar-refractivity contribution in [2.45, 2.75) is 12.6 Å². The third kappa shape index (κ3) is 4.07. The smallest absolute Gasteiger partial charge is 0.255 e. The molecule has 1 saturated heterocycles. The summed E-state index contributed by atoms with van der Waals surface area (Å²) in [7, 11) is 0. The molecule has 1 atom stereocenters. The highest BCUT2D eigenvalue weighted by atomic mass is 32.2. The molecule has 1 aromatic carbocycles. The number of hydrogen-bond acceptors (Lipinski definition) is 6. The van der Waals surface area contributed by atoms with Crippen molar-refractivity contribution in [3.8, 4) is 11.3 Å². The summed E-state index contributed by atoms with van der Waals surface area (Å²) in [5.74, 6) is 0.870. The van der Waals surface area contributed by atoms with E-state index in [9.17, 15) is 9.59 Å². The number of thiazole rings is 1. The van der Waals surface area contributed by atoms with Gasteiger partial charge in [0.15, 0.2) is 0 Å². The first-order chi connectivity index (χ1) is 13.7. The van der Waals surface area contributed by atoms with Crippen LogP contribution in [-0.2, 0) is 11.3 Å². The number of nitrogens with one attached hydrogen (secondary N) is 1. The third-order valence-electron chi connectivity index (χ3n) is 4.41. The molecule has 4 rings (SSSR count). The number of carbonyl (C=O) groups excluding carboxylic acids is 2. The lowest BCUT2D eigenvalue weighted by atomic mass is 10.1. The minimum Gasteiger partial charge on any atom is -0.348 e. The Morgan fingerprint density at radius 1 is 1.14 bits per heavy atom. The summed E-state index contributed by atoms with van der Waals surface area (Å²) in [5.41, 5.74) is 2.47. The van der Waals surface area contributed by atoms with Crippen LogP contribution in [0.1, 0.15) is 15.4 Å². The second kappa shape index (κ2) is 8.53. The molecule has 0 aliphatic carbocycles. The molecule has 1 unspecified atom stereocenters. The predicted octanol–water partition coefficient (Wildman–Crippen LogP) is 3.04. The van der Waals surface area contributed by atoms with E-state index in [1.54, 1.807) is 41.2 Å². The first-order valence-electron chi connectivity index (χ1n) is 8.78. The first kappa shape index (κ1) is 18.6. The maximum atomic E-state index is 12.7. The number of carbonyl (C=O) groups is 2. The minimum atomic E-state index is -0.461. The van der Waals surface area contributed by atoms with Crippen LogP contribution in [0.4, 0.5) is 0 Å². The minimum absolute atomic E-state index is 0.111. The van der Waals surface area contributed by atoms with Gasteiger partial charge < -0.3 is 10.2 Å². The fourth-order valence-corrected chi connectivity index (χ4v) is 4.83. The zero-order valence-electron chi connectivity index (χ0n) is 14.9. The SMILES string of the molecule is O=C(NCc1nc(-c2ccncc2)cs1)C1CSCN1C(=O)c1ccccc1. The number of amides is 2. The molecule has 0 bridgehead atoms. The van der Waals surface area contributed by atoms with E-state index in [0.717, 1.165) is 16.3 Å². The van der Waals surface area contributed by atoms with Crippen LogP contribution in [-0.4, -0.2) is 44.4 Å². The molecule has 142 valence electrons. The van der Waals surface area contributed by atoms with Crippen LogP contribution in [0, 0.1) is 0 Å². The Bertz CT molecular complexity index is 963. The molecule has 1 fully saturated rings. The lowest BCUT2D eigenvalue weighted by Crippen LogP contribution is -2.47. The Morgan fingerprint density at radius 2 is 1.93 bits per heavy atom. The van der Waals surface area contributed by atoms with Gasteiger partial charge in [-0.1, -0.05) is 18.2 Å². The summed E-state index contributed by atoms with van der Waals surface area (Å²) in [4.78, 5) is 35.6. The molecular formula is C20H18N4O2S2. The topological polar surface area (TPSA) is 75.2 Å². The molecule has 2 amide bonds. The van der Waals surface area contributed by atoms with Gasteiger partial charge in [-0.2, -0.15) is 0 Å². The summed E-state index contributed by atoms with van der Waals surface area (Å²) in [6.07, 6.45) is 3.46. The van der Waals surface area contributed by atoms with Gasteiger partial charge in [-0.05, 0) is 24.3 Å². The average molecular weight is 411 g/mol. The van der Waals surface area contributed by atoms with Gasteiger partial charge in [-0.3, -0.25) is 14.6 Å². The standard InChI is InChI=1S/C20H18N4O2S2/c25-19(17-12-27-13-24(17)20(26)15-4-2-1-3-5-15)22-10-18-23-16(11-28-18)14-6-8-21-9-7-14/h1-9,11,17H,10,12-13H2,(H,22,25). The molecule has 0 spiro atoms. The van der Waals surface area contributed by atoms with Gasteiger partial charge in [0.2, 0.25) is 5.91 Å². The van der Waals surface area contributed by atoms with Crippen molar-refractivity contribution in [2.24, 2.45) is 0 Å². The quantitative estimate of drug-likeness (QED) is 0.700. The van der Waals surface area contributed by atoms with Gasteiger partial charge in [0.05, 0.1) is 18.1 Å². The molecule has 6 nitrogen and oxygen atoms in total. The van der Waals surface area contributed by atoms with E-state index in [0.29, 0.717) is 23.7 Å². The molecule has 0 saturated carbocycles. The molecule has 28 heavy (non-hydrogen) atoms. The van der Waals surface area contributed by atoms with E-state index in [2.05, 4.69) is 15.3 Å². The molecule has 1 N–H and O–H groups in total. The van der Waals surface area contributed by atoms with Gasteiger partial charge >= 0.3 is 0 Å². The van der Waals surface area contributed by atoms with Gasteiger partial charge in [0, 0.05) is 34.7 Å². The van der Waals surface area contributed by atoms with E-state index in [1.807, 2.05) is 35.7 Å². The van der Waals surface area contributed by atoms with Crippen molar-refractivity contribution >= 4 is 34.9 Å². The van der Waals surface area contributed by atoms with Crippen molar-refractivity contribution in [1.82, 2.24) is 20.2 Å². The van der Waals surface area contributed by atoms with E-state index < -0.39 is 6.04 Å². The molecule has 3 heterocycles. The van der Waals surface area contributed by atoms with Crippen molar-refractivity contribution in [3.05, 3.63) is 70.8 Å². The number of hydrogen-bond donors (Lipinski definition) is 1. The Labute approximate surface area is 171 Å². The second-order valence-electron chi connectivity index (χ2n) is 6.24. The number of nitrogens with zero attached hydrogens (tertiary/aromatic N) is 3. The van der Waals surface area contributed by atoms with Crippen molar-refractivity contribution in [1.29, 1.82) is 0 Å². The lowest BCUT2D eigenvalue weighted by Gasteiger charge is -2.23. The van der Waals surface area contributed by atoms with Crippen LogP contribution in [0.5, 0.6) is 0 Å². The fourth-order valence-electron chi connectivity index (χ4n) is 2.93. The number of thioether (sulfide) groups is 1. The summed E-state index contributed by atoms with van der Waals surface area (Å²) in [6, 6.07) is 12.4. The highest BCUT2D eigenvalue weighted by molar-refractivity contribution is 7.99. The first-order valence-corrected chi connectivity index (χ1v) is 10.8. The summed E-state index contributed by atoms with van der Waals surface area (Å²) >= 11 is 3.09. The summed E-state index contributed by atoms with van der Waals surface area (Å²) < 4.78 is 0. The fraction of sp³-hybridized carbons (Fsp3) is 0.200. The number of benzene rings is 1. The molecule has 3 aromatic rings. The van der Waals surface area contributed by atoms with Crippen LogP contribution in [0.15, 0.2) is 60.2 Å². The largest absolute Gasteiger partial charge is 0.348 e. The van der Waals surface area contributed by atoms with Crippen LogP contribution < -0.4 is 5.32 Å². The Balaban J connectivity index is 1.38. The number of rotatable bonds is 5. The summed E-state index contributed by atoms with van der Waals surface area (Å²) in [5, 5.41) is 5.72. The zero-order valence-corrected chi connectivity index (χ0v) is 16.6. The number of pyridine rings is 1. The van der Waals surface area contributed by atoms with Crippen LogP contribution in [0.3, 0.4) is 0 Å². The van der Waals surface area contributed by atoms with E-state index in [1.165, 1.54) is 11.3 Å². The number of aromatic nitrogens is 2. The Hall–Kier alpha value is -2.71. The molecule has 8 heteroatoms. The molecule has 0 radical (unpaired) electrons. The maximum absolute atomic E-state index is 12.7. The molecule has 2 aromatic heterocycles. The lowest BCUT2D eigenvalue weighted by molar-refractivity contribution is -0.124. The normalized spacial score (nSPS) is 16.1. The molecule has 1 aliphatic rings. The van der Waals surface area contributed by atoms with E-state index in [-0.39, 0.29) is 11.8 Å². The third-order valence-corrected chi connectivity index (χ3v) is 6.27. The highest BCUT2D eigenvalue weighted by Crippen LogP contribution is 2.24. The van der Waals surface area contributed by atoms with Gasteiger partial charge in [0.1, 0.15) is 11.0 Å². The van der Waals surface area contributed by atoms with Crippen LogP contribution >= 0.6 is 23.1 Å². The van der Waals surface area contributed by atoms with E-state index >= 15 is 0 Å². The van der Waals surface area contributed by atoms with Crippen molar-refractivity contribution < 1.29 is 9.59 Å². The monoisotopic (exact) mass is 410 g/mol. The highest BCUT2D eigenvalue weighted by Gasteiger charge is 2.35. The van der Waals surface area contributed by atoms with E-state index in [4.69, 9.17) is 0 Å². The van der Waals surface area contributed by atoms with Gasteiger partial charge in [-0.15, -0.1) is 23.1 Å². The van der Waals surface area contributed by atoms with Crippen molar-refractivity contribution in [3.63, 3.8) is 0 Å². The Morgan fingerprint density at radius 3 is 2.71 bits per heavy atom. The molecule has 1 aliphatic heterocycles. The molecular weight excluding hydrogens is 392 g/mol. The average Bonchev–Trinajstić information content (AvgIpc) is 3.43. The van der Waals surface area contributed by atoms with Crippen LogP contribution in [0.2, 0.25) is 0 Å². The zero-order chi connectivity index (χ0) is 19.3. The Kier molecular flexibility index (Phi) is 5.68. The van der Waals surface area contributed by atoms with Crippen molar-refractivity contribution in [2.75, 3.05) is 11.6 Å². The van der Waals surface area contributed by atoms with Crippen LogP contribution in [0.25, 0.3) is 11.3 Å².